The van der Waals surface area contributed by atoms with Gasteiger partial charge in [-0.25, -0.2) is 4.98 Å². The van der Waals surface area contributed by atoms with Gasteiger partial charge < -0.3 is 5.11 Å². The number of hydrogen-bond donors (Lipinski definition) is 1. The number of thiophene rings is 1. The molecule has 0 saturated heterocycles. The zero-order valence-electron chi connectivity index (χ0n) is 15.1. The average Bonchev–Trinajstić information content (AvgIpc) is 3.20. The van der Waals surface area contributed by atoms with Gasteiger partial charge in [0, 0.05) is 32.9 Å². The lowest BCUT2D eigenvalue weighted by atomic mass is 10.0. The number of carbonyl (C=O) groups is 1. The Morgan fingerprint density at radius 1 is 1.33 bits per heavy atom. The fourth-order valence-electron chi connectivity index (χ4n) is 3.27. The van der Waals surface area contributed by atoms with E-state index in [-0.39, 0.29) is 6.04 Å². The third-order valence-corrected chi connectivity index (χ3v) is 6.41. The van der Waals surface area contributed by atoms with E-state index in [1.165, 1.54) is 11.3 Å². The van der Waals surface area contributed by atoms with Gasteiger partial charge in [-0.15, -0.1) is 11.3 Å². The Kier molecular flexibility index (Phi) is 4.40. The van der Waals surface area contributed by atoms with Crippen LogP contribution in [0.1, 0.15) is 53.3 Å². The summed E-state index contributed by atoms with van der Waals surface area (Å²) in [6, 6.07) is 9.37. The molecule has 138 valence electrons. The number of fused-ring (bicyclic) bond motifs is 3. The van der Waals surface area contributed by atoms with Crippen molar-refractivity contribution in [3.63, 3.8) is 0 Å². The van der Waals surface area contributed by atoms with E-state index in [1.807, 2.05) is 50.4 Å². The van der Waals surface area contributed by atoms with E-state index in [9.17, 15) is 9.90 Å². The van der Waals surface area contributed by atoms with Gasteiger partial charge in [0.25, 0.3) is 0 Å². The van der Waals surface area contributed by atoms with Gasteiger partial charge in [0.2, 0.25) is 0 Å². The van der Waals surface area contributed by atoms with Gasteiger partial charge in [0.15, 0.2) is 0 Å². The molecule has 3 heterocycles. The minimum atomic E-state index is -0.849. The maximum absolute atomic E-state index is 11.5. The van der Waals surface area contributed by atoms with Crippen molar-refractivity contribution in [1.82, 2.24) is 9.55 Å². The summed E-state index contributed by atoms with van der Waals surface area (Å²) in [4.78, 5) is 21.8. The van der Waals surface area contributed by atoms with Gasteiger partial charge in [-0.05, 0) is 32.9 Å². The van der Waals surface area contributed by atoms with Crippen LogP contribution in [0.5, 0.6) is 0 Å². The minimum Gasteiger partial charge on any atom is -0.481 e. The first-order valence-corrected chi connectivity index (χ1v) is 9.82. The zero-order valence-corrected chi connectivity index (χ0v) is 16.7. The lowest BCUT2D eigenvalue weighted by Gasteiger charge is -2.09. The quantitative estimate of drug-likeness (QED) is 0.674. The van der Waals surface area contributed by atoms with Crippen LogP contribution in [0.3, 0.4) is 0 Å². The number of carboxylic acid groups (broad SMARTS) is 1. The first kappa shape index (κ1) is 17.9. The first-order valence-electron chi connectivity index (χ1n) is 8.62. The summed E-state index contributed by atoms with van der Waals surface area (Å²) in [7, 11) is 0. The maximum atomic E-state index is 11.5. The number of benzene rings is 1. The number of rotatable bonds is 3. The summed E-state index contributed by atoms with van der Waals surface area (Å²) in [5, 5.41) is 11.0. The molecule has 0 saturated carbocycles. The van der Waals surface area contributed by atoms with Crippen LogP contribution in [0.15, 0.2) is 41.5 Å². The third-order valence-electron chi connectivity index (χ3n) is 4.78. The van der Waals surface area contributed by atoms with Crippen molar-refractivity contribution in [3.05, 3.63) is 69.1 Å². The van der Waals surface area contributed by atoms with Gasteiger partial charge in [-0.2, -0.15) is 0 Å². The molecule has 2 atom stereocenters. The van der Waals surface area contributed by atoms with Crippen molar-refractivity contribution in [2.45, 2.75) is 32.7 Å². The third kappa shape index (κ3) is 2.89. The van der Waals surface area contributed by atoms with Crippen LogP contribution in [0.25, 0.3) is 5.00 Å². The molecule has 4 rings (SSSR count). The number of nitrogens with zero attached hydrogens (tertiary/aromatic N) is 3. The SMILES string of the molecule is Cc1cnc2n1-c1sc(C(C)C(=O)O)cc1C(c1ccccc1Cl)=NC2C. The highest BCUT2D eigenvalue weighted by atomic mass is 35.5. The van der Waals surface area contributed by atoms with Gasteiger partial charge in [-0.3, -0.25) is 14.4 Å². The van der Waals surface area contributed by atoms with Crippen molar-refractivity contribution >= 4 is 34.6 Å². The molecule has 0 amide bonds. The summed E-state index contributed by atoms with van der Waals surface area (Å²) in [5.41, 5.74) is 3.49. The molecule has 3 aromatic rings. The van der Waals surface area contributed by atoms with Gasteiger partial charge >= 0.3 is 5.97 Å². The highest BCUT2D eigenvalue weighted by Crippen LogP contribution is 2.39. The Morgan fingerprint density at radius 3 is 2.78 bits per heavy atom. The smallest absolute Gasteiger partial charge is 0.311 e. The molecule has 0 fully saturated rings. The fraction of sp³-hybridized carbons (Fsp3) is 0.250. The topological polar surface area (TPSA) is 67.5 Å². The average molecular weight is 400 g/mol. The van der Waals surface area contributed by atoms with Crippen molar-refractivity contribution < 1.29 is 9.90 Å². The summed E-state index contributed by atoms with van der Waals surface area (Å²) < 4.78 is 2.08. The number of aromatic nitrogens is 2. The van der Waals surface area contributed by atoms with Gasteiger partial charge in [0.1, 0.15) is 16.9 Å². The molecule has 0 bridgehead atoms. The Bertz CT molecular complexity index is 1080. The van der Waals surface area contributed by atoms with Crippen molar-refractivity contribution in [3.8, 4) is 5.00 Å². The summed E-state index contributed by atoms with van der Waals surface area (Å²) in [6.07, 6.45) is 1.83. The molecule has 2 aromatic heterocycles. The second-order valence-electron chi connectivity index (χ2n) is 6.65. The molecule has 0 radical (unpaired) electrons. The fourth-order valence-corrected chi connectivity index (χ4v) is 4.77. The predicted octanol–water partition coefficient (Wildman–Crippen LogP) is 5.00. The number of aliphatic imine (C=N–C) groups is 1. The Hall–Kier alpha value is -2.44. The number of aryl methyl sites for hydroxylation is 1. The van der Waals surface area contributed by atoms with E-state index in [1.54, 1.807) is 6.92 Å². The van der Waals surface area contributed by atoms with Crippen LogP contribution in [0.4, 0.5) is 0 Å². The number of hydrogen-bond acceptors (Lipinski definition) is 4. The Balaban J connectivity index is 2.02. The largest absolute Gasteiger partial charge is 0.481 e. The Labute approximate surface area is 166 Å². The van der Waals surface area contributed by atoms with Crippen LogP contribution in [0.2, 0.25) is 5.02 Å². The first-order chi connectivity index (χ1) is 12.9. The van der Waals surface area contributed by atoms with Crippen LogP contribution < -0.4 is 0 Å². The molecule has 1 aromatic carbocycles. The molecule has 0 aliphatic carbocycles. The number of imidazole rings is 1. The monoisotopic (exact) mass is 399 g/mol. The van der Waals surface area contributed by atoms with Gasteiger partial charge in [0.05, 0.1) is 11.6 Å². The predicted molar refractivity (Wildman–Crippen MR) is 108 cm³/mol. The zero-order chi connectivity index (χ0) is 19.3. The summed E-state index contributed by atoms with van der Waals surface area (Å²) in [6.45, 7) is 5.70. The highest BCUT2D eigenvalue weighted by molar-refractivity contribution is 7.15. The summed E-state index contributed by atoms with van der Waals surface area (Å²) >= 11 is 7.94. The molecule has 1 N–H and O–H groups in total. The second-order valence-corrected chi connectivity index (χ2v) is 8.12. The minimum absolute atomic E-state index is 0.148. The number of carboxylic acids is 1. The van der Waals surface area contributed by atoms with Crippen molar-refractivity contribution in [1.29, 1.82) is 0 Å². The highest BCUT2D eigenvalue weighted by Gasteiger charge is 2.29. The lowest BCUT2D eigenvalue weighted by molar-refractivity contribution is -0.138. The normalized spacial score (nSPS) is 16.9. The number of halogens is 1. The van der Waals surface area contributed by atoms with E-state index in [2.05, 4.69) is 9.55 Å². The molecular formula is C20H18ClN3O2S. The molecular weight excluding hydrogens is 382 g/mol. The van der Waals surface area contributed by atoms with Crippen LogP contribution >= 0.6 is 22.9 Å². The van der Waals surface area contributed by atoms with Crippen molar-refractivity contribution in [2.24, 2.45) is 4.99 Å². The van der Waals surface area contributed by atoms with E-state index in [0.29, 0.717) is 5.02 Å². The lowest BCUT2D eigenvalue weighted by Crippen LogP contribution is -2.07. The van der Waals surface area contributed by atoms with E-state index < -0.39 is 11.9 Å². The molecule has 1 aliphatic heterocycles. The Morgan fingerprint density at radius 2 is 2.07 bits per heavy atom. The molecule has 1 aliphatic rings. The van der Waals surface area contributed by atoms with E-state index in [0.717, 1.165) is 38.2 Å². The maximum Gasteiger partial charge on any atom is 0.311 e. The van der Waals surface area contributed by atoms with Crippen LogP contribution in [-0.2, 0) is 4.79 Å². The molecule has 5 nitrogen and oxygen atoms in total. The van der Waals surface area contributed by atoms with Crippen molar-refractivity contribution in [2.75, 3.05) is 0 Å². The standard InChI is InChI=1S/C20H18ClN3O2S/c1-10-9-22-18-12(3)23-17(13-6-4-5-7-15(13)21)14-8-16(11(2)20(25)26)27-19(14)24(10)18/h4-9,11-12H,1-3H3,(H,25,26). The van der Waals surface area contributed by atoms with E-state index in [4.69, 9.17) is 16.6 Å². The second kappa shape index (κ2) is 6.62. The summed E-state index contributed by atoms with van der Waals surface area (Å²) in [5.74, 6) is -0.607. The number of aliphatic carboxylic acids is 1. The van der Waals surface area contributed by atoms with Crippen LogP contribution in [-0.4, -0.2) is 26.3 Å². The van der Waals surface area contributed by atoms with E-state index >= 15 is 0 Å². The molecule has 27 heavy (non-hydrogen) atoms. The molecule has 7 heteroatoms. The molecule has 0 spiro atoms. The molecule has 2 unspecified atom stereocenters. The van der Waals surface area contributed by atoms with Crippen LogP contribution in [0, 0.1) is 6.92 Å². The van der Waals surface area contributed by atoms with Gasteiger partial charge in [-0.1, -0.05) is 29.8 Å².